The summed E-state index contributed by atoms with van der Waals surface area (Å²) in [4.78, 5) is 9.70. The first-order chi connectivity index (χ1) is 17.0. The third kappa shape index (κ3) is 4.43. The van der Waals surface area contributed by atoms with Crippen LogP contribution in [0.3, 0.4) is 0 Å². The molecule has 1 aliphatic carbocycles. The van der Waals surface area contributed by atoms with E-state index in [0.29, 0.717) is 19.1 Å². The summed E-state index contributed by atoms with van der Waals surface area (Å²) >= 11 is 0. The predicted octanol–water partition coefficient (Wildman–Crippen LogP) is 7.36. The van der Waals surface area contributed by atoms with Crippen molar-refractivity contribution in [3.63, 3.8) is 0 Å². The molecule has 0 amide bonds. The number of azo groups is 1. The lowest BCUT2D eigenvalue weighted by molar-refractivity contribution is 0.297. The highest BCUT2D eigenvalue weighted by Gasteiger charge is 2.36. The van der Waals surface area contributed by atoms with Gasteiger partial charge in [-0.1, -0.05) is 63.2 Å². The van der Waals surface area contributed by atoms with Gasteiger partial charge >= 0.3 is 0 Å². The number of nitrogens with zero attached hydrogens (tertiary/aromatic N) is 4. The number of hydrogen-bond donors (Lipinski definition) is 0. The highest BCUT2D eigenvalue weighted by atomic mass is 16.5. The van der Waals surface area contributed by atoms with Crippen LogP contribution in [0.4, 0.5) is 5.69 Å². The molecule has 1 saturated carbocycles. The second-order valence-electron chi connectivity index (χ2n) is 10.7. The molecule has 0 bridgehead atoms. The Morgan fingerprint density at radius 3 is 2.49 bits per heavy atom. The molecule has 0 radical (unpaired) electrons. The van der Waals surface area contributed by atoms with Gasteiger partial charge in [-0.2, -0.15) is 10.2 Å². The minimum Gasteiger partial charge on any atom is -0.489 e. The summed E-state index contributed by atoms with van der Waals surface area (Å²) in [6, 6.07) is 23.3. The normalized spacial score (nSPS) is 18.9. The van der Waals surface area contributed by atoms with Gasteiger partial charge in [-0.25, -0.2) is 4.99 Å². The number of rotatable bonds is 6. The van der Waals surface area contributed by atoms with Gasteiger partial charge in [0, 0.05) is 22.3 Å². The molecule has 3 aromatic carbocycles. The number of benzene rings is 3. The van der Waals surface area contributed by atoms with Crippen LogP contribution < -0.4 is 4.74 Å². The molecule has 3 aromatic rings. The molecule has 5 nitrogen and oxygen atoms in total. The van der Waals surface area contributed by atoms with Crippen molar-refractivity contribution >= 4 is 17.2 Å². The van der Waals surface area contributed by atoms with Gasteiger partial charge in [0.2, 0.25) is 0 Å². The van der Waals surface area contributed by atoms with Crippen LogP contribution in [0.15, 0.2) is 86.9 Å². The van der Waals surface area contributed by atoms with Crippen LogP contribution in [0.2, 0.25) is 0 Å². The molecule has 1 unspecified atom stereocenters. The van der Waals surface area contributed by atoms with E-state index >= 15 is 0 Å². The van der Waals surface area contributed by atoms with Gasteiger partial charge in [0.05, 0.1) is 17.9 Å². The van der Waals surface area contributed by atoms with Crippen LogP contribution in [-0.4, -0.2) is 18.1 Å². The summed E-state index contributed by atoms with van der Waals surface area (Å²) in [5.74, 6) is 2.36. The van der Waals surface area contributed by atoms with E-state index in [4.69, 9.17) is 14.7 Å². The van der Waals surface area contributed by atoms with Gasteiger partial charge in [0.1, 0.15) is 18.4 Å². The molecule has 35 heavy (non-hydrogen) atoms. The first-order valence-electron chi connectivity index (χ1n) is 12.4. The van der Waals surface area contributed by atoms with E-state index in [1.807, 2.05) is 18.2 Å². The second-order valence-corrected chi connectivity index (χ2v) is 10.7. The average molecular weight is 463 g/mol. The highest BCUT2D eigenvalue weighted by Crippen LogP contribution is 2.49. The monoisotopic (exact) mass is 462 g/mol. The number of amidine groups is 1. The lowest BCUT2D eigenvalue weighted by Gasteiger charge is -2.23. The topological polar surface area (TPSA) is 58.7 Å². The molecule has 176 valence electrons. The smallest absolute Gasteiger partial charge is 0.155 e. The quantitative estimate of drug-likeness (QED) is 0.377. The molecule has 5 heteroatoms. The predicted molar refractivity (Wildman–Crippen MR) is 140 cm³/mol. The molecule has 0 spiro atoms. The summed E-state index contributed by atoms with van der Waals surface area (Å²) in [6.07, 6.45) is 2.53. The van der Waals surface area contributed by atoms with E-state index in [2.05, 4.69) is 79.5 Å². The summed E-state index contributed by atoms with van der Waals surface area (Å²) in [7, 11) is 0. The van der Waals surface area contributed by atoms with E-state index in [1.165, 1.54) is 18.4 Å². The molecule has 1 fully saturated rings. The summed E-state index contributed by atoms with van der Waals surface area (Å²) in [5.41, 5.74) is 7.57. The number of aliphatic imine (C=N–C) groups is 2. The molecule has 2 aliphatic heterocycles. The molecular formula is C30H30N4O. The number of hydrogen-bond acceptors (Lipinski definition) is 5. The third-order valence-corrected chi connectivity index (χ3v) is 6.94. The Morgan fingerprint density at radius 2 is 1.71 bits per heavy atom. The fourth-order valence-corrected chi connectivity index (χ4v) is 4.78. The summed E-state index contributed by atoms with van der Waals surface area (Å²) < 4.78 is 6.24. The van der Waals surface area contributed by atoms with Crippen LogP contribution in [0.5, 0.6) is 5.75 Å². The van der Waals surface area contributed by atoms with Gasteiger partial charge in [0.25, 0.3) is 0 Å². The van der Waals surface area contributed by atoms with E-state index in [0.717, 1.165) is 45.2 Å². The van der Waals surface area contributed by atoms with Crippen LogP contribution in [0, 0.1) is 5.92 Å². The molecule has 1 atom stereocenters. The van der Waals surface area contributed by atoms with E-state index in [-0.39, 0.29) is 11.5 Å². The minimum atomic E-state index is -0.0726. The fourth-order valence-electron chi connectivity index (χ4n) is 4.78. The first-order valence-corrected chi connectivity index (χ1v) is 12.4. The van der Waals surface area contributed by atoms with Crippen molar-refractivity contribution in [3.05, 3.63) is 94.5 Å². The second kappa shape index (κ2) is 8.56. The van der Waals surface area contributed by atoms with Gasteiger partial charge in [-0.15, -0.1) is 0 Å². The first kappa shape index (κ1) is 21.9. The van der Waals surface area contributed by atoms with Gasteiger partial charge in [-0.05, 0) is 54.0 Å². The zero-order valence-electron chi connectivity index (χ0n) is 20.5. The maximum absolute atomic E-state index is 6.24. The molecule has 0 saturated heterocycles. The average Bonchev–Trinajstić information content (AvgIpc) is 3.42. The van der Waals surface area contributed by atoms with Gasteiger partial charge in [-0.3, -0.25) is 4.99 Å². The Labute approximate surface area is 206 Å². The highest BCUT2D eigenvalue weighted by molar-refractivity contribution is 6.17. The third-order valence-electron chi connectivity index (χ3n) is 6.94. The van der Waals surface area contributed by atoms with Crippen LogP contribution in [0.1, 0.15) is 67.5 Å². The van der Waals surface area contributed by atoms with Crippen LogP contribution in [0.25, 0.3) is 0 Å². The largest absolute Gasteiger partial charge is 0.489 e. The molecule has 6 rings (SSSR count). The lowest BCUT2D eigenvalue weighted by Crippen LogP contribution is -2.14. The Kier molecular flexibility index (Phi) is 5.36. The molecule has 2 heterocycles. The lowest BCUT2D eigenvalue weighted by atomic mass is 9.85. The Hall–Kier alpha value is -3.60. The van der Waals surface area contributed by atoms with Crippen molar-refractivity contribution < 1.29 is 4.74 Å². The zero-order valence-corrected chi connectivity index (χ0v) is 20.5. The van der Waals surface area contributed by atoms with Crippen molar-refractivity contribution in [1.82, 2.24) is 0 Å². The summed E-state index contributed by atoms with van der Waals surface area (Å²) in [6.45, 7) is 7.75. The zero-order chi connectivity index (χ0) is 24.0. The molecule has 3 aliphatic rings. The maximum Gasteiger partial charge on any atom is 0.155 e. The van der Waals surface area contributed by atoms with Crippen molar-refractivity contribution in [2.45, 2.75) is 51.7 Å². The maximum atomic E-state index is 6.24. The Balaban J connectivity index is 1.24. The van der Waals surface area contributed by atoms with Crippen molar-refractivity contribution in [1.29, 1.82) is 0 Å². The Bertz CT molecular complexity index is 1360. The van der Waals surface area contributed by atoms with Crippen LogP contribution >= 0.6 is 0 Å². The SMILES string of the molecule is CC(C)(C)c1cc(C2=NCC(c3ccc4c(c3)N=NC4C3CC3)=N2)ccc1OCc1ccccc1. The Morgan fingerprint density at radius 1 is 0.914 bits per heavy atom. The van der Waals surface area contributed by atoms with Crippen molar-refractivity contribution in [2.24, 2.45) is 26.1 Å². The fraction of sp³-hybridized carbons (Fsp3) is 0.333. The molecule has 0 N–H and O–H groups in total. The van der Waals surface area contributed by atoms with Gasteiger partial charge in [0.15, 0.2) is 5.84 Å². The number of ether oxygens (including phenoxy) is 1. The van der Waals surface area contributed by atoms with Crippen LogP contribution in [-0.2, 0) is 12.0 Å². The van der Waals surface area contributed by atoms with Gasteiger partial charge < -0.3 is 4.74 Å². The van der Waals surface area contributed by atoms with E-state index in [9.17, 15) is 0 Å². The number of fused-ring (bicyclic) bond motifs is 1. The molecule has 0 aromatic heterocycles. The standard InChI is InChI=1S/C30H30N4O/c1-30(2,3)24-15-22(12-14-27(24)35-18-19-7-5-4-6-8-19)29-31-17-26(32-29)21-11-13-23-25(16-21)33-34-28(23)20-9-10-20/h4-8,11-16,20,28H,9-10,17-18H2,1-3H3. The van der Waals surface area contributed by atoms with Crippen molar-refractivity contribution in [2.75, 3.05) is 6.54 Å². The van der Waals surface area contributed by atoms with E-state index < -0.39 is 0 Å². The summed E-state index contributed by atoms with van der Waals surface area (Å²) in [5, 5.41) is 8.97. The minimum absolute atomic E-state index is 0.0726. The van der Waals surface area contributed by atoms with E-state index in [1.54, 1.807) is 0 Å². The molecular weight excluding hydrogens is 432 g/mol. The van der Waals surface area contributed by atoms with Crippen molar-refractivity contribution in [3.8, 4) is 5.75 Å².